The first-order chi connectivity index (χ1) is 9.89. The predicted octanol–water partition coefficient (Wildman–Crippen LogP) is 2.83. The third-order valence-electron chi connectivity index (χ3n) is 3.75. The van der Waals surface area contributed by atoms with Gasteiger partial charge in [0.25, 0.3) is 11.6 Å². The largest absolute Gasteiger partial charge is 0.399 e. The van der Waals surface area contributed by atoms with Crippen LogP contribution in [0.4, 0.5) is 11.4 Å². The number of nitro groups is 1. The second kappa shape index (κ2) is 7.31. The fourth-order valence-electron chi connectivity index (χ4n) is 2.09. The van der Waals surface area contributed by atoms with Crippen molar-refractivity contribution in [2.75, 3.05) is 18.5 Å². The van der Waals surface area contributed by atoms with Gasteiger partial charge < -0.3 is 11.1 Å². The number of rotatable bonds is 7. The summed E-state index contributed by atoms with van der Waals surface area (Å²) in [5, 5.41) is 13.8. The standard InChI is InChI=1S/C14H21N3O3S/c1-4-14(5-2,21-3)9-16-13(18)11-8-10(15)6-7-12(11)17(19)20/h6-8H,4-5,9,15H2,1-3H3,(H,16,18). The number of carbonyl (C=O) groups is 1. The Hall–Kier alpha value is -1.76. The summed E-state index contributed by atoms with van der Waals surface area (Å²) in [4.78, 5) is 22.7. The Bertz CT molecular complexity index is 522. The van der Waals surface area contributed by atoms with Gasteiger partial charge in [0.2, 0.25) is 0 Å². The summed E-state index contributed by atoms with van der Waals surface area (Å²) in [7, 11) is 0. The van der Waals surface area contributed by atoms with Crippen molar-refractivity contribution in [1.82, 2.24) is 5.32 Å². The lowest BCUT2D eigenvalue weighted by Crippen LogP contribution is -2.39. The van der Waals surface area contributed by atoms with Crippen molar-refractivity contribution in [3.05, 3.63) is 33.9 Å². The summed E-state index contributed by atoms with van der Waals surface area (Å²) in [6.45, 7) is 4.59. The molecular formula is C14H21N3O3S. The highest BCUT2D eigenvalue weighted by Crippen LogP contribution is 2.30. The van der Waals surface area contributed by atoms with E-state index in [1.807, 2.05) is 6.26 Å². The molecule has 1 amide bonds. The van der Waals surface area contributed by atoms with Gasteiger partial charge in [0, 0.05) is 23.0 Å². The number of thioether (sulfide) groups is 1. The number of nitrogen functional groups attached to an aromatic ring is 1. The highest BCUT2D eigenvalue weighted by Gasteiger charge is 2.27. The van der Waals surface area contributed by atoms with Crippen LogP contribution >= 0.6 is 11.8 Å². The van der Waals surface area contributed by atoms with E-state index in [0.29, 0.717) is 12.2 Å². The van der Waals surface area contributed by atoms with Gasteiger partial charge in [-0.15, -0.1) is 0 Å². The smallest absolute Gasteiger partial charge is 0.282 e. The minimum atomic E-state index is -0.574. The highest BCUT2D eigenvalue weighted by atomic mass is 32.2. The van der Waals surface area contributed by atoms with Gasteiger partial charge in [-0.1, -0.05) is 13.8 Å². The number of nitrogens with zero attached hydrogens (tertiary/aromatic N) is 1. The lowest BCUT2D eigenvalue weighted by molar-refractivity contribution is -0.385. The van der Waals surface area contributed by atoms with E-state index in [-0.39, 0.29) is 16.0 Å². The van der Waals surface area contributed by atoms with Crippen molar-refractivity contribution in [2.45, 2.75) is 31.4 Å². The van der Waals surface area contributed by atoms with E-state index in [2.05, 4.69) is 19.2 Å². The van der Waals surface area contributed by atoms with Gasteiger partial charge in [0.05, 0.1) is 4.92 Å². The maximum atomic E-state index is 12.2. The third kappa shape index (κ3) is 4.10. The molecule has 0 radical (unpaired) electrons. The molecule has 1 aromatic rings. The highest BCUT2D eigenvalue weighted by molar-refractivity contribution is 8.00. The van der Waals surface area contributed by atoms with Gasteiger partial charge in [0.1, 0.15) is 5.56 Å². The molecule has 0 aliphatic carbocycles. The molecule has 7 heteroatoms. The Morgan fingerprint density at radius 1 is 1.43 bits per heavy atom. The average Bonchev–Trinajstić information content (AvgIpc) is 2.48. The fraction of sp³-hybridized carbons (Fsp3) is 0.500. The summed E-state index contributed by atoms with van der Waals surface area (Å²) in [6.07, 6.45) is 3.82. The topological polar surface area (TPSA) is 98.3 Å². The molecule has 116 valence electrons. The number of hydrogen-bond donors (Lipinski definition) is 2. The monoisotopic (exact) mass is 311 g/mol. The van der Waals surface area contributed by atoms with Crippen LogP contribution in [0.15, 0.2) is 18.2 Å². The van der Waals surface area contributed by atoms with Crippen LogP contribution in [0.3, 0.4) is 0 Å². The molecule has 0 aliphatic heterocycles. The molecule has 0 saturated carbocycles. The molecule has 6 nitrogen and oxygen atoms in total. The number of carbonyl (C=O) groups excluding carboxylic acids is 1. The lowest BCUT2D eigenvalue weighted by atomic mass is 10.0. The normalized spacial score (nSPS) is 11.2. The molecule has 0 aliphatic rings. The number of nitrogens with two attached hydrogens (primary N) is 1. The van der Waals surface area contributed by atoms with Crippen molar-refractivity contribution in [3.63, 3.8) is 0 Å². The molecule has 0 unspecified atom stereocenters. The maximum Gasteiger partial charge on any atom is 0.282 e. The molecule has 0 aromatic heterocycles. The van der Waals surface area contributed by atoms with E-state index in [1.54, 1.807) is 11.8 Å². The van der Waals surface area contributed by atoms with Crippen molar-refractivity contribution in [1.29, 1.82) is 0 Å². The molecule has 1 rings (SSSR count). The first kappa shape index (κ1) is 17.3. The number of anilines is 1. The molecule has 0 heterocycles. The van der Waals surface area contributed by atoms with Gasteiger partial charge in [0.15, 0.2) is 0 Å². The molecule has 0 bridgehead atoms. The fourth-order valence-corrected chi connectivity index (χ4v) is 2.89. The van der Waals surface area contributed by atoms with E-state index in [1.165, 1.54) is 18.2 Å². The Morgan fingerprint density at radius 3 is 2.52 bits per heavy atom. The van der Waals surface area contributed by atoms with Crippen LogP contribution < -0.4 is 11.1 Å². The van der Waals surface area contributed by atoms with Crippen molar-refractivity contribution in [2.24, 2.45) is 0 Å². The minimum absolute atomic E-state index is 0.00205. The molecular weight excluding hydrogens is 290 g/mol. The van der Waals surface area contributed by atoms with Crippen LogP contribution in [-0.4, -0.2) is 28.4 Å². The van der Waals surface area contributed by atoms with Crippen LogP contribution in [0.25, 0.3) is 0 Å². The number of hydrogen-bond acceptors (Lipinski definition) is 5. The van der Waals surface area contributed by atoms with E-state index in [0.717, 1.165) is 12.8 Å². The quantitative estimate of drug-likeness (QED) is 0.458. The van der Waals surface area contributed by atoms with Gasteiger partial charge in [-0.25, -0.2) is 0 Å². The van der Waals surface area contributed by atoms with Gasteiger partial charge in [-0.05, 0) is 31.2 Å². The molecule has 1 aromatic carbocycles. The maximum absolute atomic E-state index is 12.2. The Morgan fingerprint density at radius 2 is 2.05 bits per heavy atom. The van der Waals surface area contributed by atoms with Gasteiger partial charge >= 0.3 is 0 Å². The zero-order valence-corrected chi connectivity index (χ0v) is 13.3. The first-order valence-electron chi connectivity index (χ1n) is 6.76. The van der Waals surface area contributed by atoms with Crippen LogP contribution in [0, 0.1) is 10.1 Å². The Labute approximate surface area is 128 Å². The third-order valence-corrected chi connectivity index (χ3v) is 5.34. The lowest BCUT2D eigenvalue weighted by Gasteiger charge is -2.29. The Balaban J connectivity index is 2.95. The number of benzene rings is 1. The number of nitro benzene ring substituents is 1. The Kier molecular flexibility index (Phi) is 6.02. The number of amides is 1. The molecule has 21 heavy (non-hydrogen) atoms. The molecule has 0 atom stereocenters. The molecule has 0 spiro atoms. The van der Waals surface area contributed by atoms with Crippen LogP contribution in [0.2, 0.25) is 0 Å². The average molecular weight is 311 g/mol. The van der Waals surface area contributed by atoms with Crippen LogP contribution in [0.1, 0.15) is 37.0 Å². The van der Waals surface area contributed by atoms with Crippen LogP contribution in [-0.2, 0) is 0 Å². The summed E-state index contributed by atoms with van der Waals surface area (Å²) in [6, 6.07) is 4.01. The summed E-state index contributed by atoms with van der Waals surface area (Å²) in [5.41, 5.74) is 5.72. The van der Waals surface area contributed by atoms with E-state index >= 15 is 0 Å². The van der Waals surface area contributed by atoms with Crippen molar-refractivity contribution in [3.8, 4) is 0 Å². The second-order valence-corrected chi connectivity index (χ2v) is 6.08. The summed E-state index contributed by atoms with van der Waals surface area (Å²) >= 11 is 1.69. The van der Waals surface area contributed by atoms with E-state index < -0.39 is 10.8 Å². The predicted molar refractivity (Wildman–Crippen MR) is 86.7 cm³/mol. The van der Waals surface area contributed by atoms with Crippen molar-refractivity contribution >= 4 is 29.0 Å². The van der Waals surface area contributed by atoms with E-state index in [4.69, 9.17) is 5.73 Å². The summed E-state index contributed by atoms with van der Waals surface area (Å²) < 4.78 is -0.0508. The molecule has 3 N–H and O–H groups in total. The zero-order chi connectivity index (χ0) is 16.0. The van der Waals surface area contributed by atoms with Gasteiger partial charge in [-0.3, -0.25) is 14.9 Å². The molecule has 0 saturated heterocycles. The molecule has 0 fully saturated rings. The number of nitrogens with one attached hydrogen (secondary N) is 1. The summed E-state index contributed by atoms with van der Waals surface area (Å²) in [5.74, 6) is -0.464. The van der Waals surface area contributed by atoms with Gasteiger partial charge in [-0.2, -0.15) is 11.8 Å². The minimum Gasteiger partial charge on any atom is -0.399 e. The zero-order valence-electron chi connectivity index (χ0n) is 12.5. The second-order valence-electron chi connectivity index (χ2n) is 4.81. The SMILES string of the molecule is CCC(CC)(CNC(=O)c1cc(N)ccc1[N+](=O)[O-])SC. The first-order valence-corrected chi connectivity index (χ1v) is 7.99. The van der Waals surface area contributed by atoms with E-state index in [9.17, 15) is 14.9 Å². The van der Waals surface area contributed by atoms with Crippen LogP contribution in [0.5, 0.6) is 0 Å². The van der Waals surface area contributed by atoms with Crippen molar-refractivity contribution < 1.29 is 9.72 Å².